The maximum absolute atomic E-state index is 5.65. The molecule has 1 N–H and O–H groups in total. The molecule has 1 aromatic carbocycles. The lowest BCUT2D eigenvalue weighted by Gasteiger charge is -2.22. The second-order valence-corrected chi connectivity index (χ2v) is 6.79. The molecule has 0 unspecified atom stereocenters. The highest BCUT2D eigenvalue weighted by atomic mass is 16.5. The average molecular weight is 351 g/mol. The van der Waals surface area contributed by atoms with Crippen LogP contribution in [-0.4, -0.2) is 39.4 Å². The Hall–Kier alpha value is -2.67. The zero-order chi connectivity index (χ0) is 17.3. The minimum atomic E-state index is 0.437. The summed E-state index contributed by atoms with van der Waals surface area (Å²) in [5.74, 6) is 2.20. The molecule has 0 atom stereocenters. The van der Waals surface area contributed by atoms with Crippen LogP contribution in [0.5, 0.6) is 5.75 Å². The monoisotopic (exact) mass is 351 g/mol. The van der Waals surface area contributed by atoms with Gasteiger partial charge in [0.2, 0.25) is 5.95 Å². The Morgan fingerprint density at radius 2 is 2.12 bits per heavy atom. The number of fused-ring (bicyclic) bond motifs is 2. The summed E-state index contributed by atoms with van der Waals surface area (Å²) < 4.78 is 13.1. The third kappa shape index (κ3) is 2.68. The molecule has 0 amide bonds. The van der Waals surface area contributed by atoms with Gasteiger partial charge in [0, 0.05) is 43.5 Å². The number of hydrogen-bond donors (Lipinski definition) is 1. The molecule has 0 spiro atoms. The number of ether oxygens (including phenoxy) is 2. The average Bonchev–Trinajstić information content (AvgIpc) is 3.36. The van der Waals surface area contributed by atoms with Gasteiger partial charge in [-0.2, -0.15) is 0 Å². The SMILES string of the molecule is c1cc(CNc2ncc(C3CCOCC3)c3nncn23)c2c(c1)OCC2. The van der Waals surface area contributed by atoms with Crippen LogP contribution in [0.4, 0.5) is 5.95 Å². The molecule has 0 bridgehead atoms. The summed E-state index contributed by atoms with van der Waals surface area (Å²) in [6.07, 6.45) is 6.65. The number of aromatic nitrogens is 4. The van der Waals surface area contributed by atoms with E-state index in [0.717, 1.165) is 62.0 Å². The Balaban J connectivity index is 1.42. The van der Waals surface area contributed by atoms with Crippen LogP contribution < -0.4 is 10.1 Å². The largest absolute Gasteiger partial charge is 0.493 e. The van der Waals surface area contributed by atoms with E-state index >= 15 is 0 Å². The first kappa shape index (κ1) is 15.6. The van der Waals surface area contributed by atoms with Gasteiger partial charge in [0.25, 0.3) is 0 Å². The lowest BCUT2D eigenvalue weighted by atomic mass is 9.93. The molecule has 26 heavy (non-hydrogen) atoms. The van der Waals surface area contributed by atoms with Crippen LogP contribution in [0, 0.1) is 0 Å². The molecule has 1 fully saturated rings. The Kier molecular flexibility index (Phi) is 3.93. The quantitative estimate of drug-likeness (QED) is 0.779. The highest BCUT2D eigenvalue weighted by Gasteiger charge is 2.21. The smallest absolute Gasteiger partial charge is 0.210 e. The molecule has 0 saturated carbocycles. The lowest BCUT2D eigenvalue weighted by molar-refractivity contribution is 0.0854. The van der Waals surface area contributed by atoms with E-state index in [1.807, 2.05) is 22.7 Å². The molecule has 2 aliphatic rings. The molecule has 2 aliphatic heterocycles. The third-order valence-corrected chi connectivity index (χ3v) is 5.30. The van der Waals surface area contributed by atoms with Gasteiger partial charge in [-0.15, -0.1) is 10.2 Å². The number of benzene rings is 1. The van der Waals surface area contributed by atoms with Crippen molar-refractivity contribution in [3.05, 3.63) is 47.4 Å². The molecule has 1 saturated heterocycles. The van der Waals surface area contributed by atoms with Crippen LogP contribution in [0.1, 0.15) is 35.4 Å². The highest BCUT2D eigenvalue weighted by Crippen LogP contribution is 2.31. The molecule has 7 nitrogen and oxygen atoms in total. The number of hydrogen-bond acceptors (Lipinski definition) is 6. The van der Waals surface area contributed by atoms with E-state index in [9.17, 15) is 0 Å². The van der Waals surface area contributed by atoms with Crippen molar-refractivity contribution < 1.29 is 9.47 Å². The predicted octanol–water partition coefficient (Wildman–Crippen LogP) is 2.57. The summed E-state index contributed by atoms with van der Waals surface area (Å²) in [5.41, 5.74) is 4.58. The van der Waals surface area contributed by atoms with Gasteiger partial charge < -0.3 is 14.8 Å². The molecule has 3 aromatic rings. The maximum Gasteiger partial charge on any atom is 0.210 e. The summed E-state index contributed by atoms with van der Waals surface area (Å²) in [6.45, 7) is 3.06. The van der Waals surface area contributed by atoms with Crippen molar-refractivity contribution in [3.63, 3.8) is 0 Å². The van der Waals surface area contributed by atoms with E-state index in [4.69, 9.17) is 9.47 Å². The Morgan fingerprint density at radius 1 is 1.19 bits per heavy atom. The number of nitrogens with zero attached hydrogens (tertiary/aromatic N) is 4. The fourth-order valence-electron chi connectivity index (χ4n) is 3.90. The molecular weight excluding hydrogens is 330 g/mol. The van der Waals surface area contributed by atoms with Crippen molar-refractivity contribution in [2.45, 2.75) is 31.7 Å². The van der Waals surface area contributed by atoms with Gasteiger partial charge in [-0.25, -0.2) is 4.98 Å². The molecule has 7 heteroatoms. The van der Waals surface area contributed by atoms with Gasteiger partial charge in [-0.05, 0) is 30.4 Å². The van der Waals surface area contributed by atoms with Crippen molar-refractivity contribution in [2.24, 2.45) is 0 Å². The van der Waals surface area contributed by atoms with Crippen molar-refractivity contribution in [3.8, 4) is 5.75 Å². The standard InChI is InChI=1S/C19H21N5O2/c1-2-14(15-6-9-26-17(15)3-1)10-20-19-21-11-16(13-4-7-25-8-5-13)18-23-22-12-24(18)19/h1-3,11-13H,4-10H2,(H,20,21). The molecule has 2 aromatic heterocycles. The van der Waals surface area contributed by atoms with Crippen LogP contribution >= 0.6 is 0 Å². The van der Waals surface area contributed by atoms with E-state index < -0.39 is 0 Å². The molecule has 4 heterocycles. The van der Waals surface area contributed by atoms with E-state index in [1.54, 1.807) is 6.33 Å². The molecule has 134 valence electrons. The predicted molar refractivity (Wildman–Crippen MR) is 96.5 cm³/mol. The first-order valence-corrected chi connectivity index (χ1v) is 9.14. The zero-order valence-corrected chi connectivity index (χ0v) is 14.5. The Morgan fingerprint density at radius 3 is 3.04 bits per heavy atom. The van der Waals surface area contributed by atoms with Gasteiger partial charge in [-0.1, -0.05) is 12.1 Å². The molecule has 0 radical (unpaired) electrons. The van der Waals surface area contributed by atoms with Crippen LogP contribution in [0.3, 0.4) is 0 Å². The first-order chi connectivity index (χ1) is 12.9. The fourth-order valence-corrected chi connectivity index (χ4v) is 3.90. The van der Waals surface area contributed by atoms with Crippen molar-refractivity contribution >= 4 is 11.6 Å². The third-order valence-electron chi connectivity index (χ3n) is 5.30. The van der Waals surface area contributed by atoms with Gasteiger partial charge in [0.05, 0.1) is 6.61 Å². The van der Waals surface area contributed by atoms with Crippen molar-refractivity contribution in [1.29, 1.82) is 0 Å². The van der Waals surface area contributed by atoms with Gasteiger partial charge in [-0.3, -0.25) is 4.40 Å². The normalized spacial score (nSPS) is 17.2. The maximum atomic E-state index is 5.65. The van der Waals surface area contributed by atoms with Crippen molar-refractivity contribution in [1.82, 2.24) is 19.6 Å². The minimum absolute atomic E-state index is 0.437. The first-order valence-electron chi connectivity index (χ1n) is 9.14. The van der Waals surface area contributed by atoms with E-state index in [1.165, 1.54) is 11.1 Å². The van der Waals surface area contributed by atoms with Gasteiger partial charge >= 0.3 is 0 Å². The molecule has 0 aliphatic carbocycles. The van der Waals surface area contributed by atoms with Crippen LogP contribution in [0.2, 0.25) is 0 Å². The number of anilines is 1. The highest BCUT2D eigenvalue weighted by molar-refractivity contribution is 5.53. The van der Waals surface area contributed by atoms with Crippen LogP contribution in [0.25, 0.3) is 5.65 Å². The van der Waals surface area contributed by atoms with Gasteiger partial charge in [0.1, 0.15) is 12.1 Å². The summed E-state index contributed by atoms with van der Waals surface area (Å²) in [4.78, 5) is 4.66. The lowest BCUT2D eigenvalue weighted by Crippen LogP contribution is -2.16. The Bertz CT molecular complexity index is 933. The summed E-state index contributed by atoms with van der Waals surface area (Å²) >= 11 is 0. The van der Waals surface area contributed by atoms with Crippen LogP contribution in [-0.2, 0) is 17.7 Å². The van der Waals surface area contributed by atoms with E-state index in [2.05, 4.69) is 26.6 Å². The van der Waals surface area contributed by atoms with E-state index in [-0.39, 0.29) is 0 Å². The number of nitrogens with one attached hydrogen (secondary N) is 1. The fraction of sp³-hybridized carbons (Fsp3) is 0.421. The summed E-state index contributed by atoms with van der Waals surface area (Å²) in [6, 6.07) is 6.21. The second-order valence-electron chi connectivity index (χ2n) is 6.79. The van der Waals surface area contributed by atoms with Crippen LogP contribution in [0.15, 0.2) is 30.7 Å². The second kappa shape index (κ2) is 6.57. The topological polar surface area (TPSA) is 73.6 Å². The van der Waals surface area contributed by atoms with Crippen molar-refractivity contribution in [2.75, 3.05) is 25.1 Å². The molecular formula is C19H21N5O2. The van der Waals surface area contributed by atoms with Gasteiger partial charge in [0.15, 0.2) is 5.65 Å². The summed E-state index contributed by atoms with van der Waals surface area (Å²) in [5, 5.41) is 11.9. The minimum Gasteiger partial charge on any atom is -0.493 e. The number of rotatable bonds is 4. The Labute approximate surface area is 151 Å². The van der Waals surface area contributed by atoms with E-state index in [0.29, 0.717) is 12.5 Å². The molecule has 5 rings (SSSR count). The zero-order valence-electron chi connectivity index (χ0n) is 14.5. The summed E-state index contributed by atoms with van der Waals surface area (Å²) in [7, 11) is 0.